The normalized spacial score (nSPS) is 13.4. The minimum Gasteiger partial charge on any atom is -0.383 e. The third kappa shape index (κ3) is 5.17. The van der Waals surface area contributed by atoms with E-state index in [1.165, 1.54) is 0 Å². The van der Waals surface area contributed by atoms with Gasteiger partial charge in [-0.1, -0.05) is 74.5 Å². The maximum Gasteiger partial charge on any atom is 0.249 e. The first kappa shape index (κ1) is 19.7. The number of hydrogen-bond donors (Lipinski definition) is 3. The van der Waals surface area contributed by atoms with Crippen LogP contribution in [0.25, 0.3) is 0 Å². The van der Waals surface area contributed by atoms with Gasteiger partial charge in [0.2, 0.25) is 11.8 Å². The summed E-state index contributed by atoms with van der Waals surface area (Å²) in [5, 5.41) is 12.7. The smallest absolute Gasteiger partial charge is 0.249 e. The summed E-state index contributed by atoms with van der Waals surface area (Å²) < 4.78 is 0. The molecule has 5 heteroatoms. The summed E-state index contributed by atoms with van der Waals surface area (Å²) in [5.41, 5.74) is 7.35. The Morgan fingerprint density at radius 2 is 1.42 bits per heavy atom. The van der Waals surface area contributed by atoms with E-state index in [4.69, 9.17) is 5.73 Å². The topological polar surface area (TPSA) is 92.4 Å². The Bertz CT molecular complexity index is 677. The van der Waals surface area contributed by atoms with Gasteiger partial charge in [-0.05, 0) is 23.5 Å². The van der Waals surface area contributed by atoms with Crippen molar-refractivity contribution in [3.05, 3.63) is 71.8 Å². The van der Waals surface area contributed by atoms with Gasteiger partial charge in [-0.25, -0.2) is 0 Å². The van der Waals surface area contributed by atoms with Crippen molar-refractivity contribution < 1.29 is 14.7 Å². The van der Waals surface area contributed by atoms with Crippen molar-refractivity contribution in [2.75, 3.05) is 0 Å². The quantitative estimate of drug-likeness (QED) is 0.678. The number of nitrogens with one attached hydrogen (secondary N) is 1. The molecule has 0 spiro atoms. The third-order valence-electron chi connectivity index (χ3n) is 4.25. The van der Waals surface area contributed by atoms with Gasteiger partial charge < -0.3 is 16.2 Å². The van der Waals surface area contributed by atoms with Crippen LogP contribution in [0.5, 0.6) is 0 Å². The van der Waals surface area contributed by atoms with Crippen LogP contribution in [0.15, 0.2) is 60.7 Å². The van der Waals surface area contributed by atoms with Gasteiger partial charge in [-0.2, -0.15) is 0 Å². The number of nitrogens with two attached hydrogens (primary N) is 1. The Labute approximate surface area is 154 Å². The second-order valence-electron chi connectivity index (χ2n) is 6.83. The van der Waals surface area contributed by atoms with Crippen molar-refractivity contribution in [1.82, 2.24) is 5.32 Å². The van der Waals surface area contributed by atoms with E-state index in [1.807, 2.05) is 74.5 Å². The lowest BCUT2D eigenvalue weighted by Gasteiger charge is -2.27. The Morgan fingerprint density at radius 1 is 0.962 bits per heavy atom. The molecule has 26 heavy (non-hydrogen) atoms. The molecule has 0 aliphatic carbocycles. The number of primary amides is 1. The molecular weight excluding hydrogens is 328 g/mol. The number of carbonyl (C=O) groups excluding carboxylic acids is 2. The van der Waals surface area contributed by atoms with Crippen molar-refractivity contribution in [2.24, 2.45) is 11.7 Å². The number of carbonyl (C=O) groups is 2. The first-order valence-electron chi connectivity index (χ1n) is 8.77. The van der Waals surface area contributed by atoms with Gasteiger partial charge in [0, 0.05) is 5.92 Å². The van der Waals surface area contributed by atoms with Crippen LogP contribution in [0.2, 0.25) is 0 Å². The number of rotatable bonds is 8. The molecule has 0 saturated carbocycles. The zero-order valence-corrected chi connectivity index (χ0v) is 15.1. The highest BCUT2D eigenvalue weighted by atomic mass is 16.3. The molecule has 0 radical (unpaired) electrons. The van der Waals surface area contributed by atoms with Crippen LogP contribution in [0.3, 0.4) is 0 Å². The second kappa shape index (κ2) is 9.15. The molecule has 4 N–H and O–H groups in total. The molecule has 2 aromatic rings. The lowest BCUT2D eigenvalue weighted by atomic mass is 9.84. The number of hydrogen-bond acceptors (Lipinski definition) is 3. The first-order chi connectivity index (χ1) is 12.4. The first-order valence-corrected chi connectivity index (χ1v) is 8.77. The number of amides is 2. The number of benzene rings is 2. The van der Waals surface area contributed by atoms with Crippen LogP contribution in [-0.2, 0) is 9.59 Å². The average molecular weight is 354 g/mol. The molecule has 2 aromatic carbocycles. The van der Waals surface area contributed by atoms with Gasteiger partial charge in [-0.3, -0.25) is 9.59 Å². The molecule has 0 saturated heterocycles. The maximum absolute atomic E-state index is 12.4. The summed E-state index contributed by atoms with van der Waals surface area (Å²) in [6.45, 7) is 3.83. The highest BCUT2D eigenvalue weighted by Gasteiger charge is 2.32. The average Bonchev–Trinajstić information content (AvgIpc) is 2.62. The van der Waals surface area contributed by atoms with E-state index in [0.717, 1.165) is 11.1 Å². The Hall–Kier alpha value is -2.66. The molecule has 0 aliphatic heterocycles. The summed E-state index contributed by atoms with van der Waals surface area (Å²) in [7, 11) is 0. The van der Waals surface area contributed by atoms with Gasteiger partial charge in [0.15, 0.2) is 0 Å². The number of aliphatic hydroxyl groups excluding tert-OH is 1. The van der Waals surface area contributed by atoms with E-state index in [0.29, 0.717) is 6.42 Å². The van der Waals surface area contributed by atoms with E-state index in [-0.39, 0.29) is 5.92 Å². The molecule has 0 heterocycles. The SMILES string of the molecule is CC(C)C[C@@H](O)C(=O)N[C@H](C(N)=O)C(c1ccccc1)c1ccccc1. The zero-order chi connectivity index (χ0) is 19.1. The standard InChI is InChI=1S/C21H26N2O3/c1-14(2)13-17(24)21(26)23-19(20(22)25)18(15-9-5-3-6-10-15)16-11-7-4-8-12-16/h3-12,14,17-19,24H,13H2,1-2H3,(H2,22,25)(H,23,26)/t17-,19+/m1/s1. The fraction of sp³-hybridized carbons (Fsp3) is 0.333. The zero-order valence-electron chi connectivity index (χ0n) is 15.1. The predicted octanol–water partition coefficient (Wildman–Crippen LogP) is 2.20. The van der Waals surface area contributed by atoms with Gasteiger partial charge in [-0.15, -0.1) is 0 Å². The van der Waals surface area contributed by atoms with Crippen LogP contribution >= 0.6 is 0 Å². The van der Waals surface area contributed by atoms with E-state index in [2.05, 4.69) is 5.32 Å². The lowest BCUT2D eigenvalue weighted by molar-refractivity contribution is -0.134. The van der Waals surface area contributed by atoms with Crippen molar-refractivity contribution in [1.29, 1.82) is 0 Å². The summed E-state index contributed by atoms with van der Waals surface area (Å²) in [4.78, 5) is 24.6. The van der Waals surface area contributed by atoms with Crippen LogP contribution in [0.1, 0.15) is 37.3 Å². The van der Waals surface area contributed by atoms with E-state index < -0.39 is 29.9 Å². The Balaban J connectivity index is 2.36. The predicted molar refractivity (Wildman–Crippen MR) is 101 cm³/mol. The summed E-state index contributed by atoms with van der Waals surface area (Å²) in [6.07, 6.45) is -0.859. The molecular formula is C21H26N2O3. The van der Waals surface area contributed by atoms with Crippen molar-refractivity contribution in [2.45, 2.75) is 38.3 Å². The Morgan fingerprint density at radius 3 is 1.81 bits per heavy atom. The summed E-state index contributed by atoms with van der Waals surface area (Å²) >= 11 is 0. The highest BCUT2D eigenvalue weighted by molar-refractivity contribution is 5.89. The molecule has 0 aromatic heterocycles. The molecule has 138 valence electrons. The van der Waals surface area contributed by atoms with E-state index in [1.54, 1.807) is 0 Å². The van der Waals surface area contributed by atoms with Crippen LogP contribution < -0.4 is 11.1 Å². The molecule has 0 unspecified atom stereocenters. The van der Waals surface area contributed by atoms with Crippen molar-refractivity contribution in [3.63, 3.8) is 0 Å². The monoisotopic (exact) mass is 354 g/mol. The Kier molecular flexibility index (Phi) is 6.92. The number of aliphatic hydroxyl groups is 1. The highest BCUT2D eigenvalue weighted by Crippen LogP contribution is 2.28. The van der Waals surface area contributed by atoms with Gasteiger partial charge >= 0.3 is 0 Å². The molecule has 0 bridgehead atoms. The van der Waals surface area contributed by atoms with E-state index in [9.17, 15) is 14.7 Å². The maximum atomic E-state index is 12.4. The van der Waals surface area contributed by atoms with Crippen LogP contribution in [-0.4, -0.2) is 29.1 Å². The largest absolute Gasteiger partial charge is 0.383 e. The van der Waals surface area contributed by atoms with Crippen molar-refractivity contribution >= 4 is 11.8 Å². The molecule has 2 atom stereocenters. The fourth-order valence-electron chi connectivity index (χ4n) is 3.02. The fourth-order valence-corrected chi connectivity index (χ4v) is 3.02. The third-order valence-corrected chi connectivity index (χ3v) is 4.25. The summed E-state index contributed by atoms with van der Waals surface area (Å²) in [6, 6.07) is 17.9. The second-order valence-corrected chi connectivity index (χ2v) is 6.83. The molecule has 2 rings (SSSR count). The lowest BCUT2D eigenvalue weighted by Crippen LogP contribution is -2.51. The summed E-state index contributed by atoms with van der Waals surface area (Å²) in [5.74, 6) is -1.51. The van der Waals surface area contributed by atoms with E-state index >= 15 is 0 Å². The van der Waals surface area contributed by atoms with Crippen LogP contribution in [0.4, 0.5) is 0 Å². The minimum absolute atomic E-state index is 0.154. The van der Waals surface area contributed by atoms with Gasteiger partial charge in [0.25, 0.3) is 0 Å². The van der Waals surface area contributed by atoms with Crippen molar-refractivity contribution in [3.8, 4) is 0 Å². The minimum atomic E-state index is -1.18. The molecule has 2 amide bonds. The molecule has 0 aliphatic rings. The molecule has 0 fully saturated rings. The molecule has 5 nitrogen and oxygen atoms in total. The van der Waals surface area contributed by atoms with Gasteiger partial charge in [0.1, 0.15) is 12.1 Å². The van der Waals surface area contributed by atoms with Crippen LogP contribution in [0, 0.1) is 5.92 Å². The van der Waals surface area contributed by atoms with Gasteiger partial charge in [0.05, 0.1) is 0 Å².